The van der Waals surface area contributed by atoms with Crippen LogP contribution in [-0.2, 0) is 13.0 Å². The normalized spacial score (nSPS) is 19.1. The molecule has 0 bridgehead atoms. The summed E-state index contributed by atoms with van der Waals surface area (Å²) in [6, 6.07) is 8.86. The lowest BCUT2D eigenvalue weighted by atomic mass is 9.96. The summed E-state index contributed by atoms with van der Waals surface area (Å²) in [5.41, 5.74) is 7.03. The summed E-state index contributed by atoms with van der Waals surface area (Å²) in [6.07, 6.45) is 6.13. The van der Waals surface area contributed by atoms with E-state index in [1.807, 2.05) is 23.8 Å². The van der Waals surface area contributed by atoms with Gasteiger partial charge in [0.05, 0.1) is 6.54 Å². The van der Waals surface area contributed by atoms with Gasteiger partial charge in [-0.1, -0.05) is 12.1 Å². The van der Waals surface area contributed by atoms with Gasteiger partial charge in [0, 0.05) is 74.3 Å². The summed E-state index contributed by atoms with van der Waals surface area (Å²) < 4.78 is 1.89. The highest BCUT2D eigenvalue weighted by molar-refractivity contribution is 5.65. The Hall–Kier alpha value is -3.43. The smallest absolute Gasteiger partial charge is 0.252 e. The van der Waals surface area contributed by atoms with Gasteiger partial charge in [-0.25, -0.2) is 19.5 Å². The van der Waals surface area contributed by atoms with Crippen molar-refractivity contribution in [3.05, 3.63) is 65.3 Å². The summed E-state index contributed by atoms with van der Waals surface area (Å²) in [5.74, 6) is 2.96. The zero-order chi connectivity index (χ0) is 26.2. The number of hydrogen-bond acceptors (Lipinski definition) is 8. The second-order valence-corrected chi connectivity index (χ2v) is 11.0. The molecule has 2 aliphatic heterocycles. The third-order valence-corrected chi connectivity index (χ3v) is 8.17. The first-order valence-electron chi connectivity index (χ1n) is 13.7. The van der Waals surface area contributed by atoms with Gasteiger partial charge in [0.2, 0.25) is 0 Å². The van der Waals surface area contributed by atoms with Crippen LogP contribution in [-0.4, -0.2) is 85.7 Å². The van der Waals surface area contributed by atoms with E-state index in [4.69, 9.17) is 4.98 Å². The number of fused-ring (bicyclic) bond motifs is 1. The van der Waals surface area contributed by atoms with Crippen molar-refractivity contribution in [1.82, 2.24) is 39.3 Å². The number of likely N-dealkylation sites (N-methyl/N-ethyl adjacent to an activating group) is 1. The molecule has 0 N–H and O–H groups in total. The molecular weight excluding hydrogens is 474 g/mol. The number of anilines is 1. The minimum atomic E-state index is 0.595. The Balaban J connectivity index is 1.08. The fraction of sp³-hybridized carbons (Fsp3) is 0.483. The van der Waals surface area contributed by atoms with Crippen molar-refractivity contribution in [2.45, 2.75) is 40.2 Å². The number of aromatic nitrogens is 6. The zero-order valence-electron chi connectivity index (χ0n) is 22.9. The molecule has 2 aliphatic rings. The quantitative estimate of drug-likeness (QED) is 0.390. The van der Waals surface area contributed by atoms with Crippen LogP contribution in [0.15, 0.2) is 36.7 Å². The van der Waals surface area contributed by atoms with Gasteiger partial charge in [-0.3, -0.25) is 4.90 Å². The molecule has 0 aliphatic carbocycles. The van der Waals surface area contributed by atoms with Crippen molar-refractivity contribution < 1.29 is 0 Å². The Labute approximate surface area is 224 Å². The van der Waals surface area contributed by atoms with Crippen LogP contribution in [0.2, 0.25) is 0 Å². The Morgan fingerprint density at radius 3 is 2.34 bits per heavy atom. The van der Waals surface area contributed by atoms with Gasteiger partial charge in [0.1, 0.15) is 11.6 Å². The topological polar surface area (TPSA) is 78.6 Å². The molecule has 198 valence electrons. The Kier molecular flexibility index (Phi) is 6.80. The molecule has 0 radical (unpaired) electrons. The third-order valence-electron chi connectivity index (χ3n) is 8.17. The van der Waals surface area contributed by atoms with E-state index in [0.29, 0.717) is 11.7 Å². The van der Waals surface area contributed by atoms with Crippen LogP contribution in [0.25, 0.3) is 16.9 Å². The monoisotopic (exact) mass is 511 g/mol. The van der Waals surface area contributed by atoms with Crippen molar-refractivity contribution in [2.75, 3.05) is 51.2 Å². The van der Waals surface area contributed by atoms with Crippen molar-refractivity contribution >= 4 is 11.5 Å². The van der Waals surface area contributed by atoms with Crippen molar-refractivity contribution in [1.29, 1.82) is 0 Å². The van der Waals surface area contributed by atoms with Crippen molar-refractivity contribution in [2.24, 2.45) is 5.92 Å². The van der Waals surface area contributed by atoms with E-state index in [-0.39, 0.29) is 0 Å². The molecule has 3 aromatic heterocycles. The zero-order valence-corrected chi connectivity index (χ0v) is 22.9. The van der Waals surface area contributed by atoms with Crippen LogP contribution in [0.4, 0.5) is 5.69 Å². The van der Waals surface area contributed by atoms with E-state index < -0.39 is 0 Å². The molecule has 5 heterocycles. The first-order valence-corrected chi connectivity index (χ1v) is 13.7. The molecule has 2 fully saturated rings. The number of piperazine rings is 1. The van der Waals surface area contributed by atoms with E-state index in [2.05, 4.69) is 79.9 Å². The molecule has 6 rings (SSSR count). The van der Waals surface area contributed by atoms with Crippen LogP contribution in [0, 0.1) is 26.7 Å². The molecule has 0 saturated carbocycles. The molecule has 9 heteroatoms. The van der Waals surface area contributed by atoms with Gasteiger partial charge in [-0.2, -0.15) is 10.1 Å². The van der Waals surface area contributed by atoms with E-state index in [1.165, 1.54) is 17.7 Å². The SMILES string of the molecule is Cc1nc2nc(C)c(C[C@@H]3CCN(c4ccc(-c5cnc(CN6CCN(C)CC6)nc5)cc4)C3)c(C)n2n1. The van der Waals surface area contributed by atoms with Gasteiger partial charge >= 0.3 is 0 Å². The third kappa shape index (κ3) is 5.13. The maximum absolute atomic E-state index is 4.71. The molecule has 0 spiro atoms. The number of rotatable bonds is 6. The fourth-order valence-electron chi connectivity index (χ4n) is 5.78. The van der Waals surface area contributed by atoms with E-state index in [9.17, 15) is 0 Å². The maximum Gasteiger partial charge on any atom is 0.252 e. The Morgan fingerprint density at radius 1 is 0.868 bits per heavy atom. The lowest BCUT2D eigenvalue weighted by Gasteiger charge is -2.31. The van der Waals surface area contributed by atoms with Gasteiger partial charge in [-0.05, 0) is 69.8 Å². The first kappa shape index (κ1) is 24.9. The first-order chi connectivity index (χ1) is 18.4. The molecular formula is C29H37N9. The molecule has 0 amide bonds. The number of aryl methyl sites for hydroxylation is 3. The van der Waals surface area contributed by atoms with Crippen molar-refractivity contribution in [3.63, 3.8) is 0 Å². The molecule has 9 nitrogen and oxygen atoms in total. The minimum Gasteiger partial charge on any atom is -0.371 e. The average molecular weight is 512 g/mol. The fourth-order valence-corrected chi connectivity index (χ4v) is 5.78. The largest absolute Gasteiger partial charge is 0.371 e. The summed E-state index contributed by atoms with van der Waals surface area (Å²) in [5, 5.41) is 4.54. The molecule has 0 unspecified atom stereocenters. The van der Waals surface area contributed by atoms with Gasteiger partial charge in [-0.15, -0.1) is 0 Å². The predicted molar refractivity (Wildman–Crippen MR) is 149 cm³/mol. The Bertz CT molecular complexity index is 1400. The number of nitrogens with zero attached hydrogens (tertiary/aromatic N) is 9. The van der Waals surface area contributed by atoms with E-state index in [1.54, 1.807) is 0 Å². The highest BCUT2D eigenvalue weighted by Crippen LogP contribution is 2.29. The lowest BCUT2D eigenvalue weighted by molar-refractivity contribution is 0.145. The standard InChI is InChI=1S/C29H37N9/c1-20-27(21(2)38-29(32-20)33-22(3)34-38)15-23-9-10-37(18-23)26-7-5-24(6-8-26)25-16-30-28(31-17-25)19-36-13-11-35(4)12-14-36/h5-8,16-17,23H,9-15,18-19H2,1-4H3/t23-/m0/s1. The van der Waals surface area contributed by atoms with E-state index in [0.717, 1.165) is 86.4 Å². The highest BCUT2D eigenvalue weighted by atomic mass is 15.3. The van der Waals surface area contributed by atoms with Crippen LogP contribution < -0.4 is 4.90 Å². The lowest BCUT2D eigenvalue weighted by Crippen LogP contribution is -2.44. The molecule has 4 aromatic rings. The van der Waals surface area contributed by atoms with E-state index >= 15 is 0 Å². The average Bonchev–Trinajstić information content (AvgIpc) is 3.55. The predicted octanol–water partition coefficient (Wildman–Crippen LogP) is 3.32. The van der Waals surface area contributed by atoms with Gasteiger partial charge < -0.3 is 9.80 Å². The second kappa shape index (κ2) is 10.4. The number of benzene rings is 1. The van der Waals surface area contributed by atoms with Crippen LogP contribution in [0.1, 0.15) is 35.0 Å². The number of hydrogen-bond donors (Lipinski definition) is 0. The highest BCUT2D eigenvalue weighted by Gasteiger charge is 2.25. The van der Waals surface area contributed by atoms with Crippen molar-refractivity contribution in [3.8, 4) is 11.1 Å². The van der Waals surface area contributed by atoms with Crippen LogP contribution >= 0.6 is 0 Å². The Morgan fingerprint density at radius 2 is 1.61 bits per heavy atom. The second-order valence-electron chi connectivity index (χ2n) is 11.0. The summed E-state index contributed by atoms with van der Waals surface area (Å²) >= 11 is 0. The molecule has 1 atom stereocenters. The summed E-state index contributed by atoms with van der Waals surface area (Å²) in [4.78, 5) is 25.8. The van der Waals surface area contributed by atoms with Crippen LogP contribution in [0.3, 0.4) is 0 Å². The molecule has 1 aromatic carbocycles. The summed E-state index contributed by atoms with van der Waals surface area (Å²) in [6.45, 7) is 13.5. The maximum atomic E-state index is 4.71. The molecule has 38 heavy (non-hydrogen) atoms. The van der Waals surface area contributed by atoms with Gasteiger partial charge in [0.15, 0.2) is 0 Å². The minimum absolute atomic E-state index is 0.595. The van der Waals surface area contributed by atoms with Gasteiger partial charge in [0.25, 0.3) is 5.78 Å². The summed E-state index contributed by atoms with van der Waals surface area (Å²) in [7, 11) is 2.18. The van der Waals surface area contributed by atoms with Crippen LogP contribution in [0.5, 0.6) is 0 Å². The molecule has 2 saturated heterocycles.